The number of rotatable bonds is 6. The molecule has 1 fully saturated rings. The van der Waals surface area contributed by atoms with E-state index in [1.165, 1.54) is 11.1 Å². The van der Waals surface area contributed by atoms with Crippen LogP contribution in [-0.2, 0) is 4.79 Å². The van der Waals surface area contributed by atoms with Crippen molar-refractivity contribution in [2.75, 3.05) is 11.9 Å². The van der Waals surface area contributed by atoms with Crippen LogP contribution in [-0.4, -0.2) is 32.0 Å². The molecule has 5 rings (SSSR count). The predicted molar refractivity (Wildman–Crippen MR) is 142 cm³/mol. The van der Waals surface area contributed by atoms with Crippen molar-refractivity contribution in [1.82, 2.24) is 19.8 Å². The Morgan fingerprint density at radius 1 is 1.00 bits per heavy atom. The van der Waals surface area contributed by atoms with E-state index in [9.17, 15) is 4.79 Å². The molecule has 1 amide bonds. The first kappa shape index (κ1) is 22.8. The number of aryl methyl sites for hydroxylation is 2. The highest BCUT2D eigenvalue weighted by Crippen LogP contribution is 2.39. The van der Waals surface area contributed by atoms with Crippen LogP contribution in [0.4, 0.5) is 5.69 Å². The number of para-hydroxylation sites is 1. The highest BCUT2D eigenvalue weighted by Gasteiger charge is 2.42. The van der Waals surface area contributed by atoms with Gasteiger partial charge in [-0.05, 0) is 85.7 Å². The summed E-state index contributed by atoms with van der Waals surface area (Å²) in [5.74, 6) is -0.128. The lowest BCUT2D eigenvalue weighted by Crippen LogP contribution is -2.37. The number of carbonyl (C=O) groups excluding carboxylic acids is 1. The van der Waals surface area contributed by atoms with E-state index in [1.807, 2.05) is 59.5 Å². The van der Waals surface area contributed by atoms with Gasteiger partial charge < -0.3 is 20.1 Å². The third-order valence-corrected chi connectivity index (χ3v) is 6.77. The smallest absolute Gasteiger partial charge is 0.244 e. The molecule has 1 saturated heterocycles. The van der Waals surface area contributed by atoms with Gasteiger partial charge in [0, 0.05) is 29.5 Å². The lowest BCUT2D eigenvalue weighted by molar-refractivity contribution is -0.116. The van der Waals surface area contributed by atoms with Gasteiger partial charge in [0.1, 0.15) is 6.54 Å². The predicted octanol–water partition coefficient (Wildman–Crippen LogP) is 5.10. The molecule has 2 N–H and O–H groups in total. The number of aromatic nitrogens is 2. The van der Waals surface area contributed by atoms with E-state index in [2.05, 4.69) is 64.5 Å². The second-order valence-electron chi connectivity index (χ2n) is 8.74. The van der Waals surface area contributed by atoms with Gasteiger partial charge in [0.25, 0.3) is 0 Å². The number of amides is 1. The molecular weight excluding hydrogens is 454 g/mol. The zero-order valence-electron chi connectivity index (χ0n) is 19.7. The normalized spacial score (nSPS) is 17.3. The van der Waals surface area contributed by atoms with E-state index < -0.39 is 0 Å². The summed E-state index contributed by atoms with van der Waals surface area (Å²) in [7, 11) is 0. The van der Waals surface area contributed by atoms with Crippen LogP contribution in [0.15, 0.2) is 91.3 Å². The van der Waals surface area contributed by atoms with E-state index in [-0.39, 0.29) is 24.5 Å². The average Bonchev–Trinajstić information content (AvgIpc) is 3.46. The number of pyridine rings is 1. The first-order valence-electron chi connectivity index (χ1n) is 11.6. The summed E-state index contributed by atoms with van der Waals surface area (Å²) in [6, 6.07) is 25.4. The summed E-state index contributed by atoms with van der Waals surface area (Å²) < 4.78 is 2.17. The third kappa shape index (κ3) is 4.68. The second kappa shape index (κ2) is 9.72. The molecule has 1 aliphatic heterocycles. The molecule has 176 valence electrons. The third-order valence-electron chi connectivity index (χ3n) is 6.42. The Bertz CT molecular complexity index is 1350. The quantitative estimate of drug-likeness (QED) is 0.375. The number of hydrogen-bond acceptors (Lipinski definition) is 3. The number of nitrogens with zero attached hydrogens (tertiary/aromatic N) is 3. The summed E-state index contributed by atoms with van der Waals surface area (Å²) in [6.45, 7) is 4.34. The molecule has 3 heterocycles. The van der Waals surface area contributed by atoms with Crippen molar-refractivity contribution < 1.29 is 4.79 Å². The minimum absolute atomic E-state index is 0.118. The van der Waals surface area contributed by atoms with Gasteiger partial charge in [0.05, 0.1) is 17.8 Å². The molecule has 2 atom stereocenters. The Hall–Kier alpha value is -3.97. The Labute approximate surface area is 210 Å². The van der Waals surface area contributed by atoms with Crippen molar-refractivity contribution in [3.05, 3.63) is 114 Å². The van der Waals surface area contributed by atoms with Crippen molar-refractivity contribution >= 4 is 28.9 Å². The summed E-state index contributed by atoms with van der Waals surface area (Å²) in [5.41, 5.74) is 6.20. The van der Waals surface area contributed by atoms with Crippen LogP contribution in [0.5, 0.6) is 0 Å². The topological polar surface area (TPSA) is 62.2 Å². The van der Waals surface area contributed by atoms with Crippen LogP contribution in [0.3, 0.4) is 0 Å². The van der Waals surface area contributed by atoms with Crippen LogP contribution in [0.1, 0.15) is 34.6 Å². The maximum Gasteiger partial charge on any atom is 0.244 e. The van der Waals surface area contributed by atoms with Crippen LogP contribution in [0, 0.1) is 13.8 Å². The van der Waals surface area contributed by atoms with Crippen molar-refractivity contribution in [2.45, 2.75) is 25.9 Å². The standard InChI is InChI=1S/C28H27N5OS/c1-19-13-14-22(17-20(19)2)32-16-8-12-24(32)27-26(23-11-6-7-15-29-23)31-28(35)33(27)18-25(34)30-21-9-4-3-5-10-21/h3-17,26-27H,18H2,1-2H3,(H,30,34)(H,31,35)/t26-,27-/m1/s1. The van der Waals surface area contributed by atoms with Crippen molar-refractivity contribution in [2.24, 2.45) is 0 Å². The van der Waals surface area contributed by atoms with Crippen LogP contribution >= 0.6 is 12.2 Å². The van der Waals surface area contributed by atoms with Crippen molar-refractivity contribution in [3.63, 3.8) is 0 Å². The van der Waals surface area contributed by atoms with Crippen LogP contribution in [0.25, 0.3) is 5.69 Å². The molecule has 0 radical (unpaired) electrons. The first-order chi connectivity index (χ1) is 17.0. The van der Waals surface area contributed by atoms with Crippen molar-refractivity contribution in [1.29, 1.82) is 0 Å². The molecule has 0 bridgehead atoms. The SMILES string of the molecule is Cc1ccc(-n2cccc2[C@@H]2[C@@H](c3ccccn3)NC(=S)N2CC(=O)Nc2ccccc2)cc1C. The Morgan fingerprint density at radius 3 is 2.54 bits per heavy atom. The zero-order chi connectivity index (χ0) is 24.4. The van der Waals surface area contributed by atoms with Gasteiger partial charge in [-0.15, -0.1) is 0 Å². The average molecular weight is 482 g/mol. The van der Waals surface area contributed by atoms with E-state index in [0.29, 0.717) is 5.11 Å². The monoisotopic (exact) mass is 481 g/mol. The fraction of sp³-hybridized carbons (Fsp3) is 0.179. The lowest BCUT2D eigenvalue weighted by Gasteiger charge is -2.28. The van der Waals surface area contributed by atoms with Gasteiger partial charge in [-0.25, -0.2) is 0 Å². The maximum absolute atomic E-state index is 13.0. The van der Waals surface area contributed by atoms with Gasteiger partial charge in [0.2, 0.25) is 5.91 Å². The van der Waals surface area contributed by atoms with Crippen molar-refractivity contribution in [3.8, 4) is 5.69 Å². The fourth-order valence-corrected chi connectivity index (χ4v) is 4.82. The maximum atomic E-state index is 13.0. The molecule has 4 aromatic rings. The van der Waals surface area contributed by atoms with E-state index >= 15 is 0 Å². The second-order valence-corrected chi connectivity index (χ2v) is 9.13. The molecule has 0 spiro atoms. The number of hydrogen-bond donors (Lipinski definition) is 2. The van der Waals surface area contributed by atoms with Gasteiger partial charge in [-0.2, -0.15) is 0 Å². The minimum Gasteiger partial charge on any atom is -0.352 e. The van der Waals surface area contributed by atoms with Crippen LogP contribution in [0.2, 0.25) is 0 Å². The van der Waals surface area contributed by atoms with E-state index in [4.69, 9.17) is 12.2 Å². The lowest BCUT2D eigenvalue weighted by atomic mass is 10.0. The molecule has 35 heavy (non-hydrogen) atoms. The molecule has 2 aromatic heterocycles. The number of benzene rings is 2. The largest absolute Gasteiger partial charge is 0.352 e. The first-order valence-corrected chi connectivity index (χ1v) is 12.0. The summed E-state index contributed by atoms with van der Waals surface area (Å²) in [6.07, 6.45) is 3.84. The minimum atomic E-state index is -0.226. The summed E-state index contributed by atoms with van der Waals surface area (Å²) in [4.78, 5) is 19.6. The molecule has 2 aromatic carbocycles. The molecule has 7 heteroatoms. The summed E-state index contributed by atoms with van der Waals surface area (Å²) in [5, 5.41) is 6.94. The van der Waals surface area contributed by atoms with E-state index in [1.54, 1.807) is 6.20 Å². The Balaban J connectivity index is 1.52. The Kier molecular flexibility index (Phi) is 6.33. The van der Waals surface area contributed by atoms with Crippen LogP contribution < -0.4 is 10.6 Å². The molecule has 0 unspecified atom stereocenters. The molecular formula is C28H27N5OS. The number of anilines is 1. The highest BCUT2D eigenvalue weighted by atomic mass is 32.1. The van der Waals surface area contributed by atoms with Gasteiger partial charge in [-0.3, -0.25) is 9.78 Å². The number of carbonyl (C=O) groups is 1. The van der Waals surface area contributed by atoms with Gasteiger partial charge in [0.15, 0.2) is 5.11 Å². The fourth-order valence-electron chi connectivity index (χ4n) is 4.52. The summed E-state index contributed by atoms with van der Waals surface area (Å²) >= 11 is 5.75. The van der Waals surface area contributed by atoms with Gasteiger partial charge >= 0.3 is 0 Å². The number of nitrogens with one attached hydrogen (secondary N) is 2. The highest BCUT2D eigenvalue weighted by molar-refractivity contribution is 7.80. The van der Waals surface area contributed by atoms with E-state index in [0.717, 1.165) is 22.8 Å². The zero-order valence-corrected chi connectivity index (χ0v) is 20.5. The number of thiocarbonyl (C=S) groups is 1. The molecule has 1 aliphatic rings. The molecule has 0 saturated carbocycles. The molecule has 0 aliphatic carbocycles. The molecule has 6 nitrogen and oxygen atoms in total. The Morgan fingerprint density at radius 2 is 1.80 bits per heavy atom. The van der Waals surface area contributed by atoms with Gasteiger partial charge in [-0.1, -0.05) is 30.3 Å².